The van der Waals surface area contributed by atoms with Crippen molar-refractivity contribution in [2.45, 2.75) is 0 Å². The predicted molar refractivity (Wildman–Crippen MR) is 13.6 cm³/mol. The average molecular weight is 322 g/mol. The molecule has 0 bridgehead atoms. The quantitative estimate of drug-likeness (QED) is 0.498. The molecule has 2 N–H and O–H groups in total. The zero-order valence-corrected chi connectivity index (χ0v) is 10.8. The Morgan fingerprint density at radius 3 is 1.12 bits per heavy atom. The summed E-state index contributed by atoms with van der Waals surface area (Å²) >= 11 is -4.95. The molecule has 0 aromatic carbocycles. The van der Waals surface area contributed by atoms with E-state index in [0.29, 0.717) is 23.0 Å². The van der Waals surface area contributed by atoms with Gasteiger partial charge in [0, 0.05) is 19.5 Å². The summed E-state index contributed by atoms with van der Waals surface area (Å²) in [7, 11) is 0. The van der Waals surface area contributed by atoms with Gasteiger partial charge in [-0.05, 0) is 0 Å². The third-order valence-electron chi connectivity index (χ3n) is 0. The van der Waals surface area contributed by atoms with Crippen LogP contribution in [-0.2, 0) is 43.7 Å². The normalized spacial score (nSPS) is 7.75. The molecule has 0 aliphatic heterocycles. The Morgan fingerprint density at radius 2 is 1.12 bits per heavy atom. The maximum absolute atomic E-state index is 8.82. The van der Waals surface area contributed by atoms with Crippen LogP contribution in [0.25, 0.3) is 0 Å². The SMILES string of the molecule is [O]=[Cr](=[O])([OH])[OH].[O]=[SbH].[Zn]. The van der Waals surface area contributed by atoms with E-state index in [-0.39, 0.29) is 19.5 Å². The molecule has 46 valence electrons. The van der Waals surface area contributed by atoms with Gasteiger partial charge in [0.2, 0.25) is 0 Å². The van der Waals surface area contributed by atoms with E-state index in [1.165, 1.54) is 0 Å². The second-order valence-electron chi connectivity index (χ2n) is 0.448. The molecule has 0 heterocycles. The summed E-state index contributed by atoms with van der Waals surface area (Å²) in [4.78, 5) is 0. The van der Waals surface area contributed by atoms with Crippen LogP contribution in [0.1, 0.15) is 0 Å². The Morgan fingerprint density at radius 1 is 1.12 bits per heavy atom. The Labute approximate surface area is 74.5 Å². The minimum absolute atomic E-state index is 0. The summed E-state index contributed by atoms with van der Waals surface area (Å²) in [5.41, 5.74) is 0. The first-order chi connectivity index (χ1) is 3.00. The second kappa shape index (κ2) is 8.29. The van der Waals surface area contributed by atoms with Gasteiger partial charge in [-0.25, -0.2) is 0 Å². The first-order valence-corrected chi connectivity index (χ1v) is 4.25. The van der Waals surface area contributed by atoms with Crippen LogP contribution >= 0.6 is 0 Å². The Balaban J connectivity index is -0.0000000750. The summed E-state index contributed by atoms with van der Waals surface area (Å²) in [6.07, 6.45) is 0. The number of hydrogen-bond acceptors (Lipinski definition) is 3. The molecule has 0 amide bonds. The third-order valence-corrected chi connectivity index (χ3v) is 0. The van der Waals surface area contributed by atoms with E-state index in [2.05, 4.69) is 0 Å². The van der Waals surface area contributed by atoms with Crippen LogP contribution in [0, 0.1) is 0 Å². The molecule has 0 spiro atoms. The molecule has 0 unspecified atom stereocenters. The molecule has 0 aromatic heterocycles. The number of rotatable bonds is 0. The minimum atomic E-state index is -5.25. The Hall–Kier alpha value is 1.29. The largest absolute Gasteiger partial charge is 0 e. The van der Waals surface area contributed by atoms with Crippen LogP contribution in [0.2, 0.25) is 0 Å². The first-order valence-electron chi connectivity index (χ1n) is 0.903. The van der Waals surface area contributed by atoms with Gasteiger partial charge in [0.05, 0.1) is 0 Å². The molecule has 0 saturated heterocycles. The van der Waals surface area contributed by atoms with E-state index in [1.807, 2.05) is 0 Å². The van der Waals surface area contributed by atoms with Gasteiger partial charge < -0.3 is 0 Å². The minimum Gasteiger partial charge on any atom is 0 e. The van der Waals surface area contributed by atoms with Crippen molar-refractivity contribution in [3.8, 4) is 0 Å². The number of hydrogen-bond donors (Lipinski definition) is 2. The molecule has 0 aliphatic rings. The van der Waals surface area contributed by atoms with Crippen molar-refractivity contribution >= 4 is 23.0 Å². The van der Waals surface area contributed by atoms with Gasteiger partial charge in [0.25, 0.3) is 0 Å². The van der Waals surface area contributed by atoms with Gasteiger partial charge >= 0.3 is 55.6 Å². The van der Waals surface area contributed by atoms with E-state index in [9.17, 15) is 0 Å². The third kappa shape index (κ3) is 173. The van der Waals surface area contributed by atoms with Crippen LogP contribution in [0.15, 0.2) is 0 Å². The van der Waals surface area contributed by atoms with Crippen molar-refractivity contribution in [1.82, 2.24) is 0 Å². The van der Waals surface area contributed by atoms with Crippen LogP contribution in [0.3, 0.4) is 0 Å². The van der Waals surface area contributed by atoms with Gasteiger partial charge in [0.15, 0.2) is 0 Å². The maximum Gasteiger partial charge on any atom is 0 e. The molecular weight excluding hydrogens is 319 g/mol. The van der Waals surface area contributed by atoms with Crippen LogP contribution < -0.4 is 0 Å². The van der Waals surface area contributed by atoms with E-state index in [1.54, 1.807) is 0 Å². The Kier molecular flexibility index (Phi) is 16.7. The van der Waals surface area contributed by atoms with Crippen molar-refractivity contribution < 1.29 is 52.0 Å². The fourth-order valence-corrected chi connectivity index (χ4v) is 0. The zero-order valence-electron chi connectivity index (χ0n) is 3.73. The summed E-state index contributed by atoms with van der Waals surface area (Å²) in [6.45, 7) is 0. The average Bonchev–Trinajstić information content (AvgIpc) is 1.36. The van der Waals surface area contributed by atoms with Gasteiger partial charge in [0.1, 0.15) is 0 Å². The summed E-state index contributed by atoms with van der Waals surface area (Å²) in [6, 6.07) is 0. The monoisotopic (exact) mass is 320 g/mol. The van der Waals surface area contributed by atoms with E-state index in [4.69, 9.17) is 18.9 Å². The molecule has 0 fully saturated rings. The standard InChI is InChI=1S/Cr.2H2O.3O.Sb.Zn.H/h;2*1H2;;;;;;/q+2;;;;;;;;/p-2. The van der Waals surface area contributed by atoms with Gasteiger partial charge in [-0.3, -0.25) is 0 Å². The van der Waals surface area contributed by atoms with Crippen LogP contribution in [-0.4, -0.2) is 31.3 Å². The van der Waals surface area contributed by atoms with E-state index in [0.717, 1.165) is 0 Å². The van der Waals surface area contributed by atoms with E-state index >= 15 is 0 Å². The molecular formula is H3CrO5SbZn. The van der Waals surface area contributed by atoms with Gasteiger partial charge in [-0.1, -0.05) is 0 Å². The molecule has 8 heteroatoms. The first kappa shape index (κ1) is 16.1. The van der Waals surface area contributed by atoms with Crippen molar-refractivity contribution in [3.63, 3.8) is 0 Å². The smallest absolute Gasteiger partial charge is 0 e. The van der Waals surface area contributed by atoms with Gasteiger partial charge in [-0.15, -0.1) is 0 Å². The zero-order chi connectivity index (χ0) is 6.50. The maximum atomic E-state index is 8.82. The molecule has 0 rings (SSSR count). The molecule has 0 atom stereocenters. The fourth-order valence-electron chi connectivity index (χ4n) is 0. The second-order valence-corrected chi connectivity index (χ2v) is 1.85. The summed E-state index contributed by atoms with van der Waals surface area (Å²) in [5.74, 6) is 0. The fraction of sp³-hybridized carbons (Fsp3) is 0. The predicted octanol–water partition coefficient (Wildman–Crippen LogP) is -2.12. The summed E-state index contributed by atoms with van der Waals surface area (Å²) < 4.78 is 40.2. The molecule has 0 saturated carbocycles. The van der Waals surface area contributed by atoms with Crippen molar-refractivity contribution in [1.29, 1.82) is 0 Å². The van der Waals surface area contributed by atoms with Crippen molar-refractivity contribution in [3.05, 3.63) is 0 Å². The van der Waals surface area contributed by atoms with E-state index < -0.39 is 13.6 Å². The van der Waals surface area contributed by atoms with Gasteiger partial charge in [-0.2, -0.15) is 0 Å². The van der Waals surface area contributed by atoms with Crippen LogP contribution in [0.5, 0.6) is 0 Å². The molecule has 0 aromatic rings. The molecule has 0 radical (unpaired) electrons. The molecule has 5 nitrogen and oxygen atoms in total. The van der Waals surface area contributed by atoms with Crippen LogP contribution in [0.4, 0.5) is 0 Å². The van der Waals surface area contributed by atoms with Crippen molar-refractivity contribution in [2.75, 3.05) is 0 Å². The van der Waals surface area contributed by atoms with Crippen molar-refractivity contribution in [2.24, 2.45) is 0 Å². The summed E-state index contributed by atoms with van der Waals surface area (Å²) in [5, 5.41) is 0. The molecule has 8 heavy (non-hydrogen) atoms. The molecule has 0 aliphatic carbocycles. The Bertz CT molecular complexity index is 106. The topological polar surface area (TPSA) is 91.7 Å².